The van der Waals surface area contributed by atoms with Crippen LogP contribution in [0.15, 0.2) is 110 Å². The molecule has 8 nitrogen and oxygen atoms in total. The first kappa shape index (κ1) is 31.3. The smallest absolute Gasteiger partial charge is 0.407 e. The van der Waals surface area contributed by atoms with Crippen molar-refractivity contribution in [3.8, 4) is 11.3 Å². The lowest BCUT2D eigenvalue weighted by Crippen LogP contribution is -2.47. The van der Waals surface area contributed by atoms with Crippen LogP contribution in [0.5, 0.6) is 0 Å². The van der Waals surface area contributed by atoms with Crippen LogP contribution in [0.25, 0.3) is 11.3 Å². The highest BCUT2D eigenvalue weighted by Crippen LogP contribution is 2.39. The van der Waals surface area contributed by atoms with Crippen molar-refractivity contribution in [2.24, 2.45) is 5.41 Å². The number of aromatic nitrogens is 2. The van der Waals surface area contributed by atoms with Crippen molar-refractivity contribution >= 4 is 12.0 Å². The van der Waals surface area contributed by atoms with Gasteiger partial charge in [-0.2, -0.15) is 0 Å². The molecule has 1 unspecified atom stereocenters. The van der Waals surface area contributed by atoms with E-state index >= 15 is 0 Å². The molecule has 1 aromatic heterocycles. The number of hydrogen-bond donors (Lipinski definition) is 2. The molecule has 0 aliphatic heterocycles. The van der Waals surface area contributed by atoms with E-state index in [1.54, 1.807) is 4.90 Å². The van der Waals surface area contributed by atoms with Gasteiger partial charge in [-0.15, -0.1) is 0 Å². The Kier molecular flexibility index (Phi) is 10.5. The Bertz CT molecular complexity index is 1480. The molecule has 4 rings (SSSR count). The summed E-state index contributed by atoms with van der Waals surface area (Å²) in [6.07, 6.45) is 1.54. The van der Waals surface area contributed by atoms with E-state index < -0.39 is 23.7 Å². The third-order valence-corrected chi connectivity index (χ3v) is 7.01. The fraction of sp³-hybridized carbons (Fsp3) is 0.286. The van der Waals surface area contributed by atoms with Gasteiger partial charge in [0.15, 0.2) is 0 Å². The fourth-order valence-corrected chi connectivity index (χ4v) is 5.00. The Hall–Kier alpha value is -4.69. The van der Waals surface area contributed by atoms with Gasteiger partial charge in [0, 0.05) is 31.4 Å². The quantitative estimate of drug-likeness (QED) is 0.201. The molecule has 3 aromatic carbocycles. The lowest BCUT2D eigenvalue weighted by molar-refractivity contribution is -0.133. The standard InChI is InChI=1S/C35H40N4O4/c1-5-31(41)39(23-29(40)21-36-34(42)43-25-27-17-11-7-12-18-27)32(35(2,3)4)33-37-30(28-19-13-8-14-20-28)24-38(33)22-26-15-9-6-10-16-26/h5-20,24,29,32,40H,1,21-23,25H2,2-4H3,(H,36,42)/t29?,32-/m0/s1. The predicted octanol–water partition coefficient (Wildman–Crippen LogP) is 5.99. The first-order valence-corrected chi connectivity index (χ1v) is 14.4. The number of aliphatic hydroxyl groups excluding tert-OH is 1. The van der Waals surface area contributed by atoms with Gasteiger partial charge in [0.1, 0.15) is 12.4 Å². The van der Waals surface area contributed by atoms with Gasteiger partial charge in [0.05, 0.1) is 17.8 Å². The van der Waals surface area contributed by atoms with Crippen molar-refractivity contribution in [1.29, 1.82) is 0 Å². The van der Waals surface area contributed by atoms with Crippen molar-refractivity contribution in [1.82, 2.24) is 19.8 Å². The Morgan fingerprint density at radius 1 is 0.977 bits per heavy atom. The average Bonchev–Trinajstić information content (AvgIpc) is 3.41. The van der Waals surface area contributed by atoms with E-state index in [1.807, 2.05) is 106 Å². The SMILES string of the molecule is C=CC(=O)N(CC(O)CNC(=O)OCc1ccccc1)[C@@H](c1nc(-c2ccccc2)cn1Cc1ccccc1)C(C)(C)C. The highest BCUT2D eigenvalue weighted by molar-refractivity contribution is 5.87. The number of amides is 2. The normalized spacial score (nSPS) is 12.7. The number of benzene rings is 3. The number of imidazole rings is 1. The summed E-state index contributed by atoms with van der Waals surface area (Å²) in [6, 6.07) is 28.8. The average molecular weight is 581 g/mol. The number of rotatable bonds is 12. The maximum Gasteiger partial charge on any atom is 0.407 e. The number of aliphatic hydroxyl groups is 1. The van der Waals surface area contributed by atoms with Crippen LogP contribution in [0.2, 0.25) is 0 Å². The summed E-state index contributed by atoms with van der Waals surface area (Å²) in [6.45, 7) is 10.4. The Morgan fingerprint density at radius 3 is 2.14 bits per heavy atom. The molecular weight excluding hydrogens is 540 g/mol. The molecule has 0 bridgehead atoms. The number of carbonyl (C=O) groups is 2. The molecule has 0 fully saturated rings. The van der Waals surface area contributed by atoms with E-state index in [0.29, 0.717) is 12.4 Å². The van der Waals surface area contributed by atoms with Crippen LogP contribution in [-0.2, 0) is 22.7 Å². The Labute approximate surface area is 253 Å². The van der Waals surface area contributed by atoms with E-state index in [4.69, 9.17) is 9.72 Å². The largest absolute Gasteiger partial charge is 0.445 e. The molecule has 224 valence electrons. The van der Waals surface area contributed by atoms with Crippen LogP contribution in [0.4, 0.5) is 4.79 Å². The maximum absolute atomic E-state index is 13.4. The number of alkyl carbamates (subject to hydrolysis) is 1. The molecule has 2 atom stereocenters. The van der Waals surface area contributed by atoms with Gasteiger partial charge in [-0.25, -0.2) is 9.78 Å². The monoisotopic (exact) mass is 580 g/mol. The van der Waals surface area contributed by atoms with Gasteiger partial charge >= 0.3 is 6.09 Å². The van der Waals surface area contributed by atoms with E-state index in [2.05, 4.69) is 28.6 Å². The van der Waals surface area contributed by atoms with Gasteiger partial charge in [-0.05, 0) is 22.6 Å². The molecule has 2 N–H and O–H groups in total. The second kappa shape index (κ2) is 14.5. The molecule has 0 aliphatic rings. The lowest BCUT2D eigenvalue weighted by atomic mass is 9.84. The maximum atomic E-state index is 13.4. The highest BCUT2D eigenvalue weighted by Gasteiger charge is 2.38. The number of nitrogens with zero attached hydrogens (tertiary/aromatic N) is 3. The summed E-state index contributed by atoms with van der Waals surface area (Å²) < 4.78 is 7.34. The Morgan fingerprint density at radius 2 is 1.56 bits per heavy atom. The second-order valence-electron chi connectivity index (χ2n) is 11.5. The molecule has 0 aliphatic carbocycles. The van der Waals surface area contributed by atoms with Crippen LogP contribution < -0.4 is 5.32 Å². The van der Waals surface area contributed by atoms with Crippen LogP contribution in [0.1, 0.15) is 43.8 Å². The Balaban J connectivity index is 1.59. The third-order valence-electron chi connectivity index (χ3n) is 7.01. The number of carbonyl (C=O) groups excluding carboxylic acids is 2. The topological polar surface area (TPSA) is 96.7 Å². The lowest BCUT2D eigenvalue weighted by Gasteiger charge is -2.40. The van der Waals surface area contributed by atoms with Gasteiger partial charge in [-0.1, -0.05) is 118 Å². The van der Waals surface area contributed by atoms with E-state index in [0.717, 1.165) is 22.4 Å². The molecule has 0 saturated heterocycles. The molecular formula is C35H40N4O4. The van der Waals surface area contributed by atoms with E-state index in [9.17, 15) is 14.7 Å². The summed E-state index contributed by atoms with van der Waals surface area (Å²) in [5.41, 5.74) is 3.22. The molecule has 2 amide bonds. The molecule has 43 heavy (non-hydrogen) atoms. The van der Waals surface area contributed by atoms with E-state index in [1.165, 1.54) is 6.08 Å². The van der Waals surface area contributed by atoms with Gasteiger partial charge in [0.25, 0.3) is 0 Å². The molecule has 1 heterocycles. The third kappa shape index (κ3) is 8.66. The van der Waals surface area contributed by atoms with Crippen LogP contribution in [-0.4, -0.2) is 50.8 Å². The summed E-state index contributed by atoms with van der Waals surface area (Å²) >= 11 is 0. The summed E-state index contributed by atoms with van der Waals surface area (Å²) in [7, 11) is 0. The minimum atomic E-state index is -1.07. The van der Waals surface area contributed by atoms with Gasteiger partial charge in [-0.3, -0.25) is 4.79 Å². The van der Waals surface area contributed by atoms with Crippen molar-refractivity contribution in [3.05, 3.63) is 127 Å². The minimum absolute atomic E-state index is 0.0510. The molecule has 4 aromatic rings. The van der Waals surface area contributed by atoms with Crippen molar-refractivity contribution in [3.63, 3.8) is 0 Å². The van der Waals surface area contributed by atoms with Gasteiger partial charge < -0.3 is 24.6 Å². The number of hydrogen-bond acceptors (Lipinski definition) is 5. The zero-order valence-electron chi connectivity index (χ0n) is 25.0. The fourth-order valence-electron chi connectivity index (χ4n) is 5.00. The number of ether oxygens (including phenoxy) is 1. The molecule has 0 spiro atoms. The van der Waals surface area contributed by atoms with Crippen LogP contribution >= 0.6 is 0 Å². The van der Waals surface area contributed by atoms with Crippen molar-refractivity contribution in [2.45, 2.75) is 46.1 Å². The molecule has 8 heteroatoms. The summed E-state index contributed by atoms with van der Waals surface area (Å²) in [5, 5.41) is 13.6. The van der Waals surface area contributed by atoms with Gasteiger partial charge in [0.2, 0.25) is 5.91 Å². The van der Waals surface area contributed by atoms with Crippen molar-refractivity contribution < 1.29 is 19.4 Å². The predicted molar refractivity (Wildman–Crippen MR) is 168 cm³/mol. The highest BCUT2D eigenvalue weighted by atomic mass is 16.5. The first-order valence-electron chi connectivity index (χ1n) is 14.4. The minimum Gasteiger partial charge on any atom is -0.445 e. The zero-order valence-corrected chi connectivity index (χ0v) is 25.0. The first-order chi connectivity index (χ1) is 20.7. The second-order valence-corrected chi connectivity index (χ2v) is 11.5. The summed E-state index contributed by atoms with van der Waals surface area (Å²) in [4.78, 5) is 32.4. The molecule has 0 radical (unpaired) electrons. The van der Waals surface area contributed by atoms with E-state index in [-0.39, 0.29) is 25.6 Å². The summed E-state index contributed by atoms with van der Waals surface area (Å²) in [5.74, 6) is 0.342. The van der Waals surface area contributed by atoms with Crippen molar-refractivity contribution in [2.75, 3.05) is 13.1 Å². The number of nitrogens with one attached hydrogen (secondary N) is 1. The zero-order chi connectivity index (χ0) is 30.8. The van der Waals surface area contributed by atoms with Crippen LogP contribution in [0.3, 0.4) is 0 Å². The molecule has 0 saturated carbocycles. The van der Waals surface area contributed by atoms with Crippen LogP contribution in [0, 0.1) is 5.41 Å².